The number of hydrogen-bond acceptors (Lipinski definition) is 7. The highest BCUT2D eigenvalue weighted by atomic mass is 16.6. The van der Waals surface area contributed by atoms with Gasteiger partial charge in [-0.05, 0) is 30.9 Å². The highest BCUT2D eigenvalue weighted by Crippen LogP contribution is 2.18. The molecule has 0 saturated carbocycles. The molecule has 3 heterocycles. The lowest BCUT2D eigenvalue weighted by Gasteiger charge is -2.31. The molecule has 0 radical (unpaired) electrons. The summed E-state index contributed by atoms with van der Waals surface area (Å²) in [4.78, 5) is 22.0. The third kappa shape index (κ3) is 5.01. The van der Waals surface area contributed by atoms with Gasteiger partial charge in [0.1, 0.15) is 6.61 Å². The molecule has 0 aromatic carbocycles. The number of piperidine rings is 1. The lowest BCUT2D eigenvalue weighted by molar-refractivity contribution is -0.0131. The zero-order chi connectivity index (χ0) is 18.4. The van der Waals surface area contributed by atoms with Crippen molar-refractivity contribution in [2.45, 2.75) is 39.4 Å². The van der Waals surface area contributed by atoms with Gasteiger partial charge in [0.25, 0.3) is 5.89 Å². The highest BCUT2D eigenvalue weighted by Gasteiger charge is 2.25. The predicted molar refractivity (Wildman–Crippen MR) is 93.1 cm³/mol. The van der Waals surface area contributed by atoms with Crippen LogP contribution in [0.4, 0.5) is 4.79 Å². The molecule has 0 unspecified atom stereocenters. The third-order valence-corrected chi connectivity index (χ3v) is 4.09. The van der Waals surface area contributed by atoms with Crippen molar-refractivity contribution in [2.24, 2.45) is 5.92 Å². The first-order valence-electron chi connectivity index (χ1n) is 8.88. The Hall–Kier alpha value is -2.48. The van der Waals surface area contributed by atoms with Gasteiger partial charge in [-0.15, -0.1) is 0 Å². The Labute approximate surface area is 152 Å². The van der Waals surface area contributed by atoms with Crippen LogP contribution in [0.25, 0.3) is 11.4 Å². The second-order valence-electron chi connectivity index (χ2n) is 6.72. The summed E-state index contributed by atoms with van der Waals surface area (Å²) >= 11 is 0. The summed E-state index contributed by atoms with van der Waals surface area (Å²) in [6.45, 7) is 6.02. The van der Waals surface area contributed by atoms with Crippen molar-refractivity contribution in [1.29, 1.82) is 0 Å². The summed E-state index contributed by atoms with van der Waals surface area (Å²) in [5, 5.41) is 3.96. The minimum absolute atomic E-state index is 0.0698. The number of carbonyl (C=O) groups excluding carboxylic acids is 1. The van der Waals surface area contributed by atoms with Gasteiger partial charge in [-0.25, -0.2) is 4.79 Å². The maximum absolute atomic E-state index is 12.0. The van der Waals surface area contributed by atoms with Crippen molar-refractivity contribution in [3.63, 3.8) is 0 Å². The van der Waals surface area contributed by atoms with Crippen LogP contribution in [0.1, 0.15) is 32.6 Å². The molecule has 2 aromatic heterocycles. The van der Waals surface area contributed by atoms with Gasteiger partial charge >= 0.3 is 6.09 Å². The minimum Gasteiger partial charge on any atom is -0.449 e. The van der Waals surface area contributed by atoms with Gasteiger partial charge in [-0.2, -0.15) is 4.98 Å². The number of nitrogens with zero attached hydrogens (tertiary/aromatic N) is 4. The Morgan fingerprint density at radius 2 is 2.04 bits per heavy atom. The molecule has 2 aromatic rings. The van der Waals surface area contributed by atoms with Gasteiger partial charge in [-0.1, -0.05) is 19.0 Å². The Morgan fingerprint density at radius 3 is 2.73 bits per heavy atom. The van der Waals surface area contributed by atoms with Crippen LogP contribution in [-0.2, 0) is 16.1 Å². The van der Waals surface area contributed by atoms with Gasteiger partial charge < -0.3 is 18.9 Å². The van der Waals surface area contributed by atoms with E-state index in [-0.39, 0.29) is 18.8 Å². The topological polar surface area (TPSA) is 90.6 Å². The average molecular weight is 360 g/mol. The SMILES string of the molecule is CC(C)COC(=O)N1CCC(OCc2nc(-c3ccncc3)no2)CC1. The normalized spacial score (nSPS) is 15.4. The molecule has 0 spiro atoms. The van der Waals surface area contributed by atoms with Crippen molar-refractivity contribution in [1.82, 2.24) is 20.0 Å². The summed E-state index contributed by atoms with van der Waals surface area (Å²) < 4.78 is 16.4. The summed E-state index contributed by atoms with van der Waals surface area (Å²) in [5.74, 6) is 1.30. The fourth-order valence-corrected chi connectivity index (χ4v) is 2.66. The van der Waals surface area contributed by atoms with Gasteiger partial charge in [0.2, 0.25) is 5.82 Å². The molecule has 1 saturated heterocycles. The largest absolute Gasteiger partial charge is 0.449 e. The number of pyridine rings is 1. The number of amides is 1. The van der Waals surface area contributed by atoms with Crippen LogP contribution in [0.3, 0.4) is 0 Å². The van der Waals surface area contributed by atoms with E-state index in [2.05, 4.69) is 15.1 Å². The number of carbonyl (C=O) groups is 1. The number of rotatable bonds is 6. The second-order valence-corrected chi connectivity index (χ2v) is 6.72. The van der Waals surface area contributed by atoms with Crippen LogP contribution in [-0.4, -0.2) is 51.9 Å². The van der Waals surface area contributed by atoms with E-state index in [4.69, 9.17) is 14.0 Å². The fourth-order valence-electron chi connectivity index (χ4n) is 2.66. The minimum atomic E-state index is -0.240. The molecule has 0 atom stereocenters. The van der Waals surface area contributed by atoms with E-state index in [1.807, 2.05) is 26.0 Å². The predicted octanol–water partition coefficient (Wildman–Crippen LogP) is 2.91. The van der Waals surface area contributed by atoms with E-state index in [0.717, 1.165) is 18.4 Å². The van der Waals surface area contributed by atoms with E-state index in [1.165, 1.54) is 0 Å². The molecule has 0 aliphatic carbocycles. The van der Waals surface area contributed by atoms with E-state index >= 15 is 0 Å². The second kappa shape index (κ2) is 8.75. The van der Waals surface area contributed by atoms with Crippen LogP contribution < -0.4 is 0 Å². The molecule has 1 fully saturated rings. The number of hydrogen-bond donors (Lipinski definition) is 0. The van der Waals surface area contributed by atoms with E-state index in [1.54, 1.807) is 17.3 Å². The van der Waals surface area contributed by atoms with E-state index in [9.17, 15) is 4.79 Å². The molecular formula is C18H24N4O4. The van der Waals surface area contributed by atoms with E-state index in [0.29, 0.717) is 37.3 Å². The lowest BCUT2D eigenvalue weighted by Crippen LogP contribution is -2.41. The number of ether oxygens (including phenoxy) is 2. The summed E-state index contributed by atoms with van der Waals surface area (Å²) in [6.07, 6.45) is 4.73. The molecule has 1 aliphatic rings. The quantitative estimate of drug-likeness (QED) is 0.782. The van der Waals surface area contributed by atoms with Gasteiger partial charge in [0.15, 0.2) is 0 Å². The Kier molecular flexibility index (Phi) is 6.17. The number of aromatic nitrogens is 3. The Morgan fingerprint density at radius 1 is 1.31 bits per heavy atom. The molecule has 140 valence electrons. The Bertz CT molecular complexity index is 696. The third-order valence-electron chi connectivity index (χ3n) is 4.09. The summed E-state index contributed by atoms with van der Waals surface area (Å²) in [5.41, 5.74) is 0.850. The molecule has 0 bridgehead atoms. The molecule has 8 nitrogen and oxygen atoms in total. The first-order chi connectivity index (χ1) is 12.6. The van der Waals surface area contributed by atoms with Gasteiger partial charge in [0, 0.05) is 31.0 Å². The van der Waals surface area contributed by atoms with Crippen molar-refractivity contribution in [3.8, 4) is 11.4 Å². The zero-order valence-electron chi connectivity index (χ0n) is 15.1. The summed E-state index contributed by atoms with van der Waals surface area (Å²) in [7, 11) is 0. The number of likely N-dealkylation sites (tertiary alicyclic amines) is 1. The van der Waals surface area contributed by atoms with Crippen molar-refractivity contribution >= 4 is 6.09 Å². The molecule has 1 aliphatic heterocycles. The van der Waals surface area contributed by atoms with Gasteiger partial charge in [-0.3, -0.25) is 4.98 Å². The first-order valence-corrected chi connectivity index (χ1v) is 8.88. The highest BCUT2D eigenvalue weighted by molar-refractivity contribution is 5.67. The first kappa shape index (κ1) is 18.3. The molecule has 3 rings (SSSR count). The van der Waals surface area contributed by atoms with Crippen LogP contribution >= 0.6 is 0 Å². The molecule has 1 amide bonds. The fraction of sp³-hybridized carbons (Fsp3) is 0.556. The molecule has 26 heavy (non-hydrogen) atoms. The molecule has 0 N–H and O–H groups in total. The molecular weight excluding hydrogens is 336 g/mol. The van der Waals surface area contributed by atoms with Crippen LogP contribution in [0, 0.1) is 5.92 Å². The molecule has 8 heteroatoms. The Balaban J connectivity index is 1.42. The van der Waals surface area contributed by atoms with E-state index < -0.39 is 0 Å². The lowest BCUT2D eigenvalue weighted by atomic mass is 10.1. The zero-order valence-corrected chi connectivity index (χ0v) is 15.1. The maximum Gasteiger partial charge on any atom is 0.409 e. The standard InChI is InChI=1S/C18H24N4O4/c1-13(2)11-25-18(23)22-9-5-15(6-10-22)24-12-16-20-17(21-26-16)14-3-7-19-8-4-14/h3-4,7-8,13,15H,5-6,9-12H2,1-2H3. The van der Waals surface area contributed by atoms with Crippen LogP contribution in [0.15, 0.2) is 29.0 Å². The average Bonchev–Trinajstić information content (AvgIpc) is 3.14. The van der Waals surface area contributed by atoms with Crippen molar-refractivity contribution in [3.05, 3.63) is 30.4 Å². The van der Waals surface area contributed by atoms with Crippen LogP contribution in [0.2, 0.25) is 0 Å². The maximum atomic E-state index is 12.0. The monoisotopic (exact) mass is 360 g/mol. The van der Waals surface area contributed by atoms with Gasteiger partial charge in [0.05, 0.1) is 12.7 Å². The summed E-state index contributed by atoms with van der Waals surface area (Å²) in [6, 6.07) is 3.65. The van der Waals surface area contributed by atoms with Crippen LogP contribution in [0.5, 0.6) is 0 Å². The van der Waals surface area contributed by atoms with Crippen molar-refractivity contribution < 1.29 is 18.8 Å². The smallest absolute Gasteiger partial charge is 0.409 e. The van der Waals surface area contributed by atoms with Crippen molar-refractivity contribution in [2.75, 3.05) is 19.7 Å².